The highest BCUT2D eigenvalue weighted by molar-refractivity contribution is 6.08. The smallest absolute Gasteiger partial charge is 0.101 e. The molecule has 1 unspecified atom stereocenters. The van der Waals surface area contributed by atoms with Gasteiger partial charge in [0.25, 0.3) is 0 Å². The second-order valence-electron chi connectivity index (χ2n) is 2.10. The van der Waals surface area contributed by atoms with Crippen LogP contribution in [0.4, 0.5) is 0 Å². The van der Waals surface area contributed by atoms with Crippen molar-refractivity contribution >= 4 is 7.85 Å². The van der Waals surface area contributed by atoms with E-state index in [4.69, 9.17) is 9.47 Å². The summed E-state index contributed by atoms with van der Waals surface area (Å²) >= 11 is 0. The van der Waals surface area contributed by atoms with E-state index < -0.39 is 0 Å². The number of rotatable bonds is 5. The number of methoxy groups -OCH3 is 2. The first-order chi connectivity index (χ1) is 4.35. The second-order valence-corrected chi connectivity index (χ2v) is 2.10. The zero-order valence-corrected chi connectivity index (χ0v) is 6.52. The lowest BCUT2D eigenvalue weighted by atomic mass is 9.99. The van der Waals surface area contributed by atoms with Crippen LogP contribution in [0.5, 0.6) is 0 Å². The molecular weight excluding hydrogens is 115 g/mol. The molecule has 0 fully saturated rings. The molecule has 0 aromatic rings. The van der Waals surface area contributed by atoms with Crippen LogP contribution in [0, 0.1) is 0 Å². The minimum absolute atomic E-state index is 0.292. The molecule has 1 atom stereocenters. The van der Waals surface area contributed by atoms with Gasteiger partial charge in [-0.1, -0.05) is 6.32 Å². The Morgan fingerprint density at radius 3 is 2.44 bits per heavy atom. The Kier molecular flexibility index (Phi) is 6.10. The summed E-state index contributed by atoms with van der Waals surface area (Å²) in [4.78, 5) is 0. The fourth-order valence-electron chi connectivity index (χ4n) is 0.777. The molecule has 0 saturated carbocycles. The summed E-state index contributed by atoms with van der Waals surface area (Å²) in [6, 6.07) is 0. The fraction of sp³-hybridized carbons (Fsp3) is 1.00. The third-order valence-electron chi connectivity index (χ3n) is 1.30. The van der Waals surface area contributed by atoms with E-state index in [1.54, 1.807) is 14.2 Å². The molecule has 0 aliphatic rings. The number of hydrogen-bond donors (Lipinski definition) is 0. The maximum atomic E-state index is 5.11. The minimum Gasteiger partial charge on any atom is -0.382 e. The van der Waals surface area contributed by atoms with Crippen molar-refractivity contribution in [3.63, 3.8) is 0 Å². The Balaban J connectivity index is 3.18. The zero-order chi connectivity index (χ0) is 7.11. The SMILES string of the molecule is BCCC(COC)OC. The van der Waals surface area contributed by atoms with Crippen LogP contribution >= 0.6 is 0 Å². The molecule has 0 aliphatic carbocycles. The van der Waals surface area contributed by atoms with Crippen molar-refractivity contribution in [2.45, 2.75) is 18.8 Å². The first kappa shape index (κ1) is 8.98. The van der Waals surface area contributed by atoms with Crippen molar-refractivity contribution in [2.75, 3.05) is 20.8 Å². The molecule has 9 heavy (non-hydrogen) atoms. The molecule has 0 N–H and O–H groups in total. The highest BCUT2D eigenvalue weighted by atomic mass is 16.5. The van der Waals surface area contributed by atoms with Crippen LogP contribution in [0.1, 0.15) is 6.42 Å². The maximum Gasteiger partial charge on any atom is 0.101 e. The molecule has 0 heterocycles. The van der Waals surface area contributed by atoms with E-state index in [2.05, 4.69) is 7.85 Å². The quantitative estimate of drug-likeness (QED) is 0.491. The summed E-state index contributed by atoms with van der Waals surface area (Å²) in [7, 11) is 5.56. The first-order valence-corrected chi connectivity index (χ1v) is 3.36. The van der Waals surface area contributed by atoms with Gasteiger partial charge < -0.3 is 9.47 Å². The Bertz CT molecular complexity index is 53.0. The molecule has 0 aromatic heterocycles. The summed E-state index contributed by atoms with van der Waals surface area (Å²) in [5.41, 5.74) is 0. The highest BCUT2D eigenvalue weighted by Gasteiger charge is 2.02. The van der Waals surface area contributed by atoms with Gasteiger partial charge in [-0.25, -0.2) is 0 Å². The topological polar surface area (TPSA) is 18.5 Å². The van der Waals surface area contributed by atoms with Crippen LogP contribution in [-0.4, -0.2) is 34.8 Å². The Labute approximate surface area is 57.9 Å². The Hall–Kier alpha value is -0.0151. The summed E-state index contributed by atoms with van der Waals surface area (Å²) in [6.07, 6.45) is 2.53. The van der Waals surface area contributed by atoms with Crippen molar-refractivity contribution in [1.29, 1.82) is 0 Å². The van der Waals surface area contributed by atoms with Gasteiger partial charge in [-0.15, -0.1) is 0 Å². The lowest BCUT2D eigenvalue weighted by Gasteiger charge is -2.11. The molecule has 0 amide bonds. The van der Waals surface area contributed by atoms with Crippen molar-refractivity contribution < 1.29 is 9.47 Å². The van der Waals surface area contributed by atoms with Gasteiger partial charge in [-0.3, -0.25) is 0 Å². The highest BCUT2D eigenvalue weighted by Crippen LogP contribution is 1.99. The van der Waals surface area contributed by atoms with E-state index in [0.717, 1.165) is 12.7 Å². The molecule has 0 rings (SSSR count). The fourth-order valence-corrected chi connectivity index (χ4v) is 0.777. The molecular formula is C6H15BO2. The van der Waals surface area contributed by atoms with Crippen LogP contribution in [-0.2, 0) is 9.47 Å². The van der Waals surface area contributed by atoms with Crippen LogP contribution < -0.4 is 0 Å². The van der Waals surface area contributed by atoms with E-state index in [-0.39, 0.29) is 0 Å². The summed E-state index contributed by atoms with van der Waals surface area (Å²) in [6.45, 7) is 0.713. The maximum absolute atomic E-state index is 5.11. The normalized spacial score (nSPS) is 13.6. The van der Waals surface area contributed by atoms with Crippen LogP contribution in [0.15, 0.2) is 0 Å². The predicted octanol–water partition coefficient (Wildman–Crippen LogP) is 0.0893. The minimum atomic E-state index is 0.292. The number of hydrogen-bond acceptors (Lipinski definition) is 2. The van der Waals surface area contributed by atoms with Crippen LogP contribution in [0.3, 0.4) is 0 Å². The molecule has 0 radical (unpaired) electrons. The lowest BCUT2D eigenvalue weighted by Crippen LogP contribution is -2.16. The van der Waals surface area contributed by atoms with E-state index in [1.165, 1.54) is 0 Å². The van der Waals surface area contributed by atoms with Crippen molar-refractivity contribution in [2.24, 2.45) is 0 Å². The van der Waals surface area contributed by atoms with E-state index in [1.807, 2.05) is 0 Å². The van der Waals surface area contributed by atoms with Gasteiger partial charge in [-0.2, -0.15) is 0 Å². The molecule has 54 valence electrons. The largest absolute Gasteiger partial charge is 0.382 e. The third kappa shape index (κ3) is 4.49. The van der Waals surface area contributed by atoms with Gasteiger partial charge in [-0.05, 0) is 6.42 Å². The van der Waals surface area contributed by atoms with Crippen molar-refractivity contribution in [3.05, 3.63) is 0 Å². The van der Waals surface area contributed by atoms with Gasteiger partial charge in [0.15, 0.2) is 0 Å². The van der Waals surface area contributed by atoms with Crippen molar-refractivity contribution in [3.8, 4) is 0 Å². The van der Waals surface area contributed by atoms with Gasteiger partial charge in [0, 0.05) is 14.2 Å². The predicted molar refractivity (Wildman–Crippen MR) is 40.6 cm³/mol. The van der Waals surface area contributed by atoms with Gasteiger partial charge in [0.2, 0.25) is 0 Å². The van der Waals surface area contributed by atoms with Crippen LogP contribution in [0.2, 0.25) is 6.32 Å². The number of ether oxygens (including phenoxy) is 2. The first-order valence-electron chi connectivity index (χ1n) is 3.36. The van der Waals surface area contributed by atoms with Gasteiger partial charge in [0.05, 0.1) is 12.7 Å². The molecule has 0 bridgehead atoms. The van der Waals surface area contributed by atoms with E-state index in [0.29, 0.717) is 12.7 Å². The van der Waals surface area contributed by atoms with E-state index in [9.17, 15) is 0 Å². The average Bonchev–Trinajstić information content (AvgIpc) is 1.88. The molecule has 0 spiro atoms. The summed E-state index contributed by atoms with van der Waals surface area (Å²) in [5.74, 6) is 0. The molecule has 0 aromatic carbocycles. The molecule has 0 aliphatic heterocycles. The Morgan fingerprint density at radius 2 is 2.11 bits per heavy atom. The molecule has 0 saturated heterocycles. The average molecular weight is 130 g/mol. The Morgan fingerprint density at radius 1 is 1.44 bits per heavy atom. The van der Waals surface area contributed by atoms with Gasteiger partial charge >= 0.3 is 0 Å². The standard InChI is InChI=1S/C6H15BO2/c1-8-5-6(9-2)3-4-7/h6H,3-5,7H2,1-2H3. The summed E-state index contributed by atoms with van der Waals surface area (Å²) in [5, 5.41) is 0. The second kappa shape index (κ2) is 6.11. The monoisotopic (exact) mass is 130 g/mol. The van der Waals surface area contributed by atoms with Crippen molar-refractivity contribution in [1.82, 2.24) is 0 Å². The summed E-state index contributed by atoms with van der Waals surface area (Å²) < 4.78 is 10.0. The van der Waals surface area contributed by atoms with Gasteiger partial charge in [0.1, 0.15) is 7.85 Å². The lowest BCUT2D eigenvalue weighted by molar-refractivity contribution is 0.0266. The van der Waals surface area contributed by atoms with E-state index >= 15 is 0 Å². The third-order valence-corrected chi connectivity index (χ3v) is 1.30. The zero-order valence-electron chi connectivity index (χ0n) is 6.52. The molecule has 3 heteroatoms. The van der Waals surface area contributed by atoms with Crippen LogP contribution in [0.25, 0.3) is 0 Å². The molecule has 2 nitrogen and oxygen atoms in total.